The Morgan fingerprint density at radius 1 is 0.489 bits per heavy atom. The first-order chi connectivity index (χ1) is 22.1. The molecule has 0 radical (unpaired) electrons. The van der Waals surface area contributed by atoms with Crippen LogP contribution in [0.2, 0.25) is 0 Å². The summed E-state index contributed by atoms with van der Waals surface area (Å²) < 4.78 is 0. The number of benzene rings is 2. The van der Waals surface area contributed by atoms with Gasteiger partial charge in [-0.15, -0.1) is 0 Å². The second-order valence-corrected chi connectivity index (χ2v) is 12.3. The van der Waals surface area contributed by atoms with Crippen molar-refractivity contribution in [1.82, 2.24) is 10.6 Å². The number of nitrogens with one attached hydrogen (secondary N) is 2. The third-order valence-electron chi connectivity index (χ3n) is 8.25. The van der Waals surface area contributed by atoms with Crippen LogP contribution in [0.15, 0.2) is 60.7 Å². The minimum atomic E-state index is 0.0653. The number of hydrogen-bond acceptors (Lipinski definition) is 2. The number of hydrogen-bond donors (Lipinski definition) is 2. The molecule has 0 saturated heterocycles. The van der Waals surface area contributed by atoms with Crippen LogP contribution < -0.4 is 10.6 Å². The number of carbonyl (C=O) groups excluding carboxylic acids is 2. The summed E-state index contributed by atoms with van der Waals surface area (Å²) in [6.45, 7) is 4.08. The summed E-state index contributed by atoms with van der Waals surface area (Å²) in [5.74, 6) is 12.7. The Balaban J connectivity index is 1.29. The van der Waals surface area contributed by atoms with E-state index in [1.54, 1.807) is 0 Å². The van der Waals surface area contributed by atoms with E-state index in [2.05, 4.69) is 58.6 Å². The fourth-order valence-corrected chi connectivity index (χ4v) is 5.43. The van der Waals surface area contributed by atoms with Gasteiger partial charge in [0.25, 0.3) is 0 Å². The van der Waals surface area contributed by atoms with Crippen LogP contribution in [-0.4, -0.2) is 11.8 Å². The van der Waals surface area contributed by atoms with Gasteiger partial charge in [-0.05, 0) is 62.5 Å². The Labute approximate surface area is 274 Å². The summed E-state index contributed by atoms with van der Waals surface area (Å²) in [5.41, 5.74) is 2.30. The van der Waals surface area contributed by atoms with Gasteiger partial charge in [-0.2, -0.15) is 0 Å². The second-order valence-electron chi connectivity index (χ2n) is 12.3. The average molecular weight is 611 g/mol. The van der Waals surface area contributed by atoms with Crippen LogP contribution in [-0.2, 0) is 9.59 Å². The molecule has 2 rings (SSSR count). The van der Waals surface area contributed by atoms with Gasteiger partial charge in [0, 0.05) is 25.7 Å². The van der Waals surface area contributed by atoms with E-state index in [0.717, 1.165) is 56.1 Å². The molecule has 2 N–H and O–H groups in total. The van der Waals surface area contributed by atoms with Gasteiger partial charge in [-0.25, -0.2) is 0 Å². The quantitative estimate of drug-likeness (QED) is 0.0971. The Morgan fingerprint density at radius 2 is 0.800 bits per heavy atom. The molecule has 0 aliphatic carbocycles. The zero-order valence-electron chi connectivity index (χ0n) is 28.2. The molecule has 0 saturated carbocycles. The van der Waals surface area contributed by atoms with Crippen LogP contribution in [0.1, 0.15) is 159 Å². The van der Waals surface area contributed by atoms with Crippen LogP contribution >= 0.6 is 0 Å². The van der Waals surface area contributed by atoms with E-state index in [1.165, 1.54) is 64.2 Å². The maximum absolute atomic E-state index is 12.2. The van der Waals surface area contributed by atoms with Crippen molar-refractivity contribution in [3.8, 4) is 23.7 Å². The standard InChI is InChI=1S/C41H58N2O2/c1-36(38-30-24-22-25-31-38)42-40(44)34-28-20-18-16-14-12-10-8-6-4-3-5-7-9-11-13-15-17-19-21-29-35-41(45)43-37(2)39-32-26-23-27-33-39/h22-27,30-33,36-37H,4,6,8,10-21,28-29,34-35H2,1-2H3,(H,42,44)(H,43,45). The molecule has 0 bridgehead atoms. The molecule has 45 heavy (non-hydrogen) atoms. The van der Waals surface area contributed by atoms with Crippen molar-refractivity contribution < 1.29 is 9.59 Å². The van der Waals surface area contributed by atoms with Gasteiger partial charge < -0.3 is 10.6 Å². The van der Waals surface area contributed by atoms with Crippen LogP contribution in [0.5, 0.6) is 0 Å². The van der Waals surface area contributed by atoms with Gasteiger partial charge in [0.1, 0.15) is 0 Å². The molecule has 2 aromatic carbocycles. The van der Waals surface area contributed by atoms with Crippen molar-refractivity contribution in [3.05, 3.63) is 71.8 Å². The summed E-state index contributed by atoms with van der Waals surface area (Å²) in [6, 6.07) is 20.4. The van der Waals surface area contributed by atoms with E-state index >= 15 is 0 Å². The van der Waals surface area contributed by atoms with Crippen molar-refractivity contribution in [3.63, 3.8) is 0 Å². The average Bonchev–Trinajstić information content (AvgIpc) is 3.05. The largest absolute Gasteiger partial charge is 0.350 e. The van der Waals surface area contributed by atoms with Crippen LogP contribution in [0.25, 0.3) is 0 Å². The highest BCUT2D eigenvalue weighted by atomic mass is 16.2. The highest BCUT2D eigenvalue weighted by molar-refractivity contribution is 5.76. The zero-order valence-corrected chi connectivity index (χ0v) is 28.2. The topological polar surface area (TPSA) is 58.2 Å². The van der Waals surface area contributed by atoms with Crippen LogP contribution in [0.4, 0.5) is 0 Å². The first-order valence-electron chi connectivity index (χ1n) is 17.7. The predicted molar refractivity (Wildman–Crippen MR) is 189 cm³/mol. The third kappa shape index (κ3) is 20.2. The van der Waals surface area contributed by atoms with Crippen molar-refractivity contribution >= 4 is 11.8 Å². The van der Waals surface area contributed by atoms with Crippen molar-refractivity contribution in [2.45, 2.75) is 148 Å². The highest BCUT2D eigenvalue weighted by Gasteiger charge is 2.09. The Bertz CT molecular complexity index is 1170. The monoisotopic (exact) mass is 610 g/mol. The van der Waals surface area contributed by atoms with E-state index in [4.69, 9.17) is 0 Å². The molecule has 0 aliphatic heterocycles. The number of amides is 2. The first kappa shape index (κ1) is 37.7. The summed E-state index contributed by atoms with van der Waals surface area (Å²) in [4.78, 5) is 24.3. The van der Waals surface area contributed by atoms with Crippen molar-refractivity contribution in [2.24, 2.45) is 0 Å². The van der Waals surface area contributed by atoms with Gasteiger partial charge in [0.15, 0.2) is 0 Å². The molecule has 2 atom stereocenters. The molecular formula is C41H58N2O2. The molecule has 4 nitrogen and oxygen atoms in total. The number of unbranched alkanes of at least 4 members (excludes halogenated alkanes) is 15. The molecule has 0 aromatic heterocycles. The SMILES string of the molecule is CC(NC(=O)CCCCCCCCC#CC#CCCCCCCCCCCCC(=O)NC(C)c1ccccc1)c1ccccc1. The van der Waals surface area contributed by atoms with E-state index in [0.29, 0.717) is 12.8 Å². The van der Waals surface area contributed by atoms with E-state index < -0.39 is 0 Å². The van der Waals surface area contributed by atoms with Gasteiger partial charge in [0.05, 0.1) is 12.1 Å². The smallest absolute Gasteiger partial charge is 0.220 e. The van der Waals surface area contributed by atoms with Gasteiger partial charge in [0.2, 0.25) is 11.8 Å². The minimum absolute atomic E-state index is 0.0653. The highest BCUT2D eigenvalue weighted by Crippen LogP contribution is 2.15. The maximum Gasteiger partial charge on any atom is 0.220 e. The minimum Gasteiger partial charge on any atom is -0.350 e. The predicted octanol–water partition coefficient (Wildman–Crippen LogP) is 10.2. The van der Waals surface area contributed by atoms with Gasteiger partial charge in [-0.1, -0.05) is 143 Å². The maximum atomic E-state index is 12.2. The van der Waals surface area contributed by atoms with E-state index in [-0.39, 0.29) is 23.9 Å². The van der Waals surface area contributed by atoms with Crippen LogP contribution in [0.3, 0.4) is 0 Å². The van der Waals surface area contributed by atoms with Crippen molar-refractivity contribution in [2.75, 3.05) is 0 Å². The molecule has 0 aliphatic rings. The van der Waals surface area contributed by atoms with Gasteiger partial charge >= 0.3 is 0 Å². The fraction of sp³-hybridized carbons (Fsp3) is 0.561. The lowest BCUT2D eigenvalue weighted by Gasteiger charge is -2.14. The number of rotatable bonds is 23. The second kappa shape index (κ2) is 25.8. The van der Waals surface area contributed by atoms with Crippen molar-refractivity contribution in [1.29, 1.82) is 0 Å². The Hall–Kier alpha value is -3.50. The van der Waals surface area contributed by atoms with E-state index in [9.17, 15) is 9.59 Å². The summed E-state index contributed by atoms with van der Waals surface area (Å²) in [6.07, 6.45) is 20.8. The molecule has 0 spiro atoms. The lowest BCUT2D eigenvalue weighted by atomic mass is 10.1. The summed E-state index contributed by atoms with van der Waals surface area (Å²) >= 11 is 0. The summed E-state index contributed by atoms with van der Waals surface area (Å²) in [5, 5.41) is 6.20. The van der Waals surface area contributed by atoms with Gasteiger partial charge in [-0.3, -0.25) is 9.59 Å². The third-order valence-corrected chi connectivity index (χ3v) is 8.25. The molecule has 0 heterocycles. The fourth-order valence-electron chi connectivity index (χ4n) is 5.43. The zero-order chi connectivity index (χ0) is 32.2. The molecule has 2 amide bonds. The Kier molecular flexibility index (Phi) is 21.6. The molecule has 4 heteroatoms. The molecule has 2 unspecified atom stereocenters. The van der Waals surface area contributed by atoms with Crippen LogP contribution in [0, 0.1) is 23.7 Å². The molecule has 0 fully saturated rings. The van der Waals surface area contributed by atoms with E-state index in [1.807, 2.05) is 50.2 Å². The lowest BCUT2D eigenvalue weighted by Crippen LogP contribution is -2.26. The normalized spacial score (nSPS) is 11.8. The molecular weight excluding hydrogens is 552 g/mol. The Morgan fingerprint density at radius 3 is 1.16 bits per heavy atom. The lowest BCUT2D eigenvalue weighted by molar-refractivity contribution is -0.122. The number of carbonyl (C=O) groups is 2. The molecule has 2 aromatic rings. The summed E-state index contributed by atoms with van der Waals surface area (Å²) in [7, 11) is 0. The first-order valence-corrected chi connectivity index (χ1v) is 17.7. The molecule has 244 valence electrons.